The van der Waals surface area contributed by atoms with Crippen molar-refractivity contribution in [1.82, 2.24) is 24.6 Å². The topological polar surface area (TPSA) is 124 Å². The molecule has 10 nitrogen and oxygen atoms in total. The van der Waals surface area contributed by atoms with Crippen LogP contribution in [0.4, 0.5) is 4.39 Å². The van der Waals surface area contributed by atoms with E-state index in [1.807, 2.05) is 45.0 Å². The van der Waals surface area contributed by atoms with Gasteiger partial charge in [-0.1, -0.05) is 16.8 Å². The van der Waals surface area contributed by atoms with Crippen LogP contribution >= 0.6 is 11.3 Å². The first-order chi connectivity index (χ1) is 24.6. The van der Waals surface area contributed by atoms with Crippen molar-refractivity contribution in [2.24, 2.45) is 0 Å². The molecule has 1 N–H and O–H groups in total. The molecule has 2 aromatic carbocycles. The fraction of sp³-hybridized carbons (Fsp3) is 0.359. The highest BCUT2D eigenvalue weighted by Gasteiger charge is 2.32. The molecule has 4 aromatic heterocycles. The van der Waals surface area contributed by atoms with Gasteiger partial charge in [0.05, 0.1) is 33.7 Å². The standard InChI is InChI=1S/C39H38FN5O5S/c1-21-4-8-33(27(16-21)28-17-22(2)41-36-31(39(47)48)20-51-37(28)36)49-15-14-45-23(3)42-32-7-6-26(19-29(32)38(45)46)44-12-10-24(11-13-44)35-30-18-25(40)5-9-34(30)50-43-35/h4-5,8-9,16-18,20,24,26H,6-7,10-15,19H2,1-3H3,(H,47,48). The number of pyridine rings is 1. The fourth-order valence-electron chi connectivity index (χ4n) is 7.86. The number of likely N-dealkylation sites (tertiary alicyclic amines) is 1. The Labute approximate surface area is 297 Å². The number of halogens is 1. The van der Waals surface area contributed by atoms with Gasteiger partial charge in [0.25, 0.3) is 5.56 Å². The van der Waals surface area contributed by atoms with Gasteiger partial charge in [0, 0.05) is 45.1 Å². The summed E-state index contributed by atoms with van der Waals surface area (Å²) in [5, 5.41) is 16.4. The summed E-state index contributed by atoms with van der Waals surface area (Å²) in [7, 11) is 0. The minimum absolute atomic E-state index is 0.00726. The number of hydrogen-bond acceptors (Lipinski definition) is 9. The number of fused-ring (bicyclic) bond motifs is 3. The van der Waals surface area contributed by atoms with Gasteiger partial charge < -0.3 is 14.4 Å². The van der Waals surface area contributed by atoms with Crippen molar-refractivity contribution in [2.45, 2.75) is 71.4 Å². The second-order valence-electron chi connectivity index (χ2n) is 13.7. The SMILES string of the molecule is Cc1ccc(OCCn2c(C)nc3c(c2=O)CC(N2CCC(c4noc5ccc(F)cc45)CC2)CC3)c(-c2cc(C)nc3c(C(=O)O)csc23)c1. The fourth-order valence-corrected chi connectivity index (χ4v) is 8.87. The Kier molecular flexibility index (Phi) is 8.67. The lowest BCUT2D eigenvalue weighted by molar-refractivity contribution is 0.0699. The Morgan fingerprint density at radius 1 is 1.06 bits per heavy atom. The zero-order chi connectivity index (χ0) is 35.4. The van der Waals surface area contributed by atoms with E-state index in [1.54, 1.807) is 16.0 Å². The maximum atomic E-state index is 14.0. The number of carboxylic acid groups (broad SMARTS) is 1. The van der Waals surface area contributed by atoms with Crippen LogP contribution < -0.4 is 10.3 Å². The molecule has 0 bridgehead atoms. The van der Waals surface area contributed by atoms with E-state index in [9.17, 15) is 19.1 Å². The molecule has 1 saturated heterocycles. The van der Waals surface area contributed by atoms with Gasteiger partial charge in [-0.05, 0) is 102 Å². The molecule has 5 heterocycles. The van der Waals surface area contributed by atoms with Gasteiger partial charge in [0.2, 0.25) is 0 Å². The molecule has 6 aromatic rings. The van der Waals surface area contributed by atoms with Crippen LogP contribution in [-0.2, 0) is 19.4 Å². The largest absolute Gasteiger partial charge is 0.491 e. The average Bonchev–Trinajstić information content (AvgIpc) is 3.74. The zero-order valence-corrected chi connectivity index (χ0v) is 29.6. The second-order valence-corrected chi connectivity index (χ2v) is 14.6. The molecule has 1 fully saturated rings. The van der Waals surface area contributed by atoms with Crippen LogP contribution in [0, 0.1) is 26.6 Å². The van der Waals surface area contributed by atoms with Crippen LogP contribution in [0.3, 0.4) is 0 Å². The summed E-state index contributed by atoms with van der Waals surface area (Å²) >= 11 is 1.36. The van der Waals surface area contributed by atoms with Gasteiger partial charge in [-0.25, -0.2) is 14.2 Å². The number of carboxylic acids is 1. The summed E-state index contributed by atoms with van der Waals surface area (Å²) in [6, 6.07) is 12.7. The number of thiophene rings is 1. The molecular formula is C39H38FN5O5S. The molecule has 12 heteroatoms. The molecule has 8 rings (SSSR count). The van der Waals surface area contributed by atoms with Crippen molar-refractivity contribution in [2.75, 3.05) is 19.7 Å². The van der Waals surface area contributed by atoms with Crippen molar-refractivity contribution in [3.05, 3.63) is 104 Å². The molecular weight excluding hydrogens is 670 g/mol. The van der Waals surface area contributed by atoms with Gasteiger partial charge in [0.1, 0.15) is 24.0 Å². The molecule has 51 heavy (non-hydrogen) atoms. The Balaban J connectivity index is 0.973. The summed E-state index contributed by atoms with van der Waals surface area (Å²) in [6.07, 6.45) is 4.16. The number of benzene rings is 2. The molecule has 0 amide bonds. The third-order valence-corrected chi connectivity index (χ3v) is 11.5. The lowest BCUT2D eigenvalue weighted by Crippen LogP contribution is -2.46. The van der Waals surface area contributed by atoms with Crippen LogP contribution in [0.1, 0.15) is 69.6 Å². The van der Waals surface area contributed by atoms with E-state index < -0.39 is 5.97 Å². The quantitative estimate of drug-likeness (QED) is 0.174. The van der Waals surface area contributed by atoms with Crippen molar-refractivity contribution in [1.29, 1.82) is 0 Å². The summed E-state index contributed by atoms with van der Waals surface area (Å²) < 4.78 is 28.3. The Morgan fingerprint density at radius 2 is 1.88 bits per heavy atom. The molecule has 1 aliphatic heterocycles. The maximum Gasteiger partial charge on any atom is 0.338 e. The predicted octanol–water partition coefficient (Wildman–Crippen LogP) is 7.24. The molecule has 262 valence electrons. The van der Waals surface area contributed by atoms with E-state index in [2.05, 4.69) is 15.0 Å². The average molecular weight is 708 g/mol. The monoisotopic (exact) mass is 707 g/mol. The smallest absolute Gasteiger partial charge is 0.338 e. The highest BCUT2D eigenvalue weighted by molar-refractivity contribution is 7.18. The number of hydrogen-bond donors (Lipinski definition) is 1. The second kappa shape index (κ2) is 13.3. The summed E-state index contributed by atoms with van der Waals surface area (Å²) in [5.74, 6) is 0.243. The zero-order valence-electron chi connectivity index (χ0n) is 28.7. The minimum Gasteiger partial charge on any atom is -0.491 e. The number of rotatable bonds is 8. The Bertz CT molecular complexity index is 2370. The molecule has 1 aliphatic carbocycles. The summed E-state index contributed by atoms with van der Waals surface area (Å²) in [4.78, 5) is 37.8. The van der Waals surface area contributed by atoms with Crippen LogP contribution in [0.25, 0.3) is 32.3 Å². The van der Waals surface area contributed by atoms with Crippen LogP contribution in [0.2, 0.25) is 0 Å². The summed E-state index contributed by atoms with van der Waals surface area (Å²) in [5.41, 5.74) is 7.27. The highest BCUT2D eigenvalue weighted by atomic mass is 32.1. The predicted molar refractivity (Wildman–Crippen MR) is 194 cm³/mol. The van der Waals surface area contributed by atoms with Crippen molar-refractivity contribution < 1.29 is 23.6 Å². The third kappa shape index (κ3) is 6.20. The number of nitrogens with zero attached hydrogens (tertiary/aromatic N) is 5. The van der Waals surface area contributed by atoms with E-state index in [0.29, 0.717) is 35.6 Å². The van der Waals surface area contributed by atoms with Crippen molar-refractivity contribution in [3.63, 3.8) is 0 Å². The number of ether oxygens (including phenoxy) is 1. The minimum atomic E-state index is -1.00. The van der Waals surface area contributed by atoms with E-state index in [0.717, 1.165) is 88.2 Å². The van der Waals surface area contributed by atoms with E-state index in [-0.39, 0.29) is 35.5 Å². The first kappa shape index (κ1) is 33.2. The Hall–Kier alpha value is -4.94. The highest BCUT2D eigenvalue weighted by Crippen LogP contribution is 2.40. The van der Waals surface area contributed by atoms with Crippen LogP contribution in [0.5, 0.6) is 5.75 Å². The van der Waals surface area contributed by atoms with Gasteiger partial charge in [-0.15, -0.1) is 11.3 Å². The number of aromatic nitrogens is 4. The number of carbonyl (C=O) groups is 1. The van der Waals surface area contributed by atoms with E-state index in [4.69, 9.17) is 14.2 Å². The normalized spacial score (nSPS) is 16.9. The molecule has 2 aliphatic rings. The number of piperidine rings is 1. The number of aryl methyl sites for hydroxylation is 4. The van der Waals surface area contributed by atoms with Gasteiger partial charge >= 0.3 is 5.97 Å². The van der Waals surface area contributed by atoms with E-state index >= 15 is 0 Å². The van der Waals surface area contributed by atoms with Gasteiger partial charge in [-0.2, -0.15) is 0 Å². The molecule has 0 radical (unpaired) electrons. The van der Waals surface area contributed by atoms with Crippen molar-refractivity contribution >= 4 is 38.5 Å². The van der Waals surface area contributed by atoms with Gasteiger partial charge in [0.15, 0.2) is 5.58 Å². The molecule has 0 saturated carbocycles. The number of aromatic carboxylic acids is 1. The van der Waals surface area contributed by atoms with Crippen LogP contribution in [-0.4, -0.2) is 61.4 Å². The lowest BCUT2D eigenvalue weighted by Gasteiger charge is -2.39. The first-order valence-electron chi connectivity index (χ1n) is 17.4. The van der Waals surface area contributed by atoms with Crippen molar-refractivity contribution in [3.8, 4) is 16.9 Å². The lowest BCUT2D eigenvalue weighted by atomic mass is 9.87. The maximum absolute atomic E-state index is 14.0. The summed E-state index contributed by atoms with van der Waals surface area (Å²) in [6.45, 7) is 8.09. The molecule has 0 spiro atoms. The Morgan fingerprint density at radius 3 is 2.69 bits per heavy atom. The molecule has 1 unspecified atom stereocenters. The van der Waals surface area contributed by atoms with Crippen LogP contribution in [0.15, 0.2) is 57.2 Å². The van der Waals surface area contributed by atoms with Gasteiger partial charge in [-0.3, -0.25) is 19.2 Å². The first-order valence-corrected chi connectivity index (χ1v) is 18.3. The molecule has 1 atom stereocenters. The third-order valence-electron chi connectivity index (χ3n) is 10.5. The van der Waals surface area contributed by atoms with E-state index in [1.165, 1.54) is 23.5 Å².